The standard InChI is InChI=1S/C30H52O3/c1-25(2)21-12-17-29(7)22(27(21,5)15-13-23(25)31)10-9-19-20(11-16-28(19,29)6)30(8)18-14-24(33-30)26(3,4)32/h19-24,31-32H,9-18H2,1-8H3/t19-,20+,21+,22-,23+,24+,27+,28-,29-,30-/m1/s1. The van der Waals surface area contributed by atoms with E-state index in [4.69, 9.17) is 4.74 Å². The summed E-state index contributed by atoms with van der Waals surface area (Å²) in [5.74, 6) is 2.73. The lowest BCUT2D eigenvalue weighted by molar-refractivity contribution is -0.227. The zero-order valence-electron chi connectivity index (χ0n) is 22.8. The smallest absolute Gasteiger partial charge is 0.0865 e. The van der Waals surface area contributed by atoms with Gasteiger partial charge in [0, 0.05) is 0 Å². The van der Waals surface area contributed by atoms with Crippen molar-refractivity contribution < 1.29 is 14.9 Å². The first-order chi connectivity index (χ1) is 15.1. The van der Waals surface area contributed by atoms with E-state index in [-0.39, 0.29) is 23.2 Å². The maximum atomic E-state index is 10.9. The van der Waals surface area contributed by atoms with Crippen molar-refractivity contribution >= 4 is 0 Å². The van der Waals surface area contributed by atoms with Crippen LogP contribution in [0.5, 0.6) is 0 Å². The maximum Gasteiger partial charge on any atom is 0.0865 e. The second-order valence-corrected chi connectivity index (χ2v) is 15.3. The van der Waals surface area contributed by atoms with E-state index in [0.29, 0.717) is 28.1 Å². The molecule has 1 heterocycles. The third-order valence-corrected chi connectivity index (χ3v) is 13.3. The van der Waals surface area contributed by atoms with Crippen LogP contribution >= 0.6 is 0 Å². The molecular weight excluding hydrogens is 408 g/mol. The van der Waals surface area contributed by atoms with Gasteiger partial charge < -0.3 is 14.9 Å². The van der Waals surface area contributed by atoms with Crippen LogP contribution in [-0.4, -0.2) is 33.6 Å². The summed E-state index contributed by atoms with van der Waals surface area (Å²) < 4.78 is 6.73. The van der Waals surface area contributed by atoms with E-state index in [1.54, 1.807) is 0 Å². The summed E-state index contributed by atoms with van der Waals surface area (Å²) in [7, 11) is 0. The van der Waals surface area contributed by atoms with Crippen LogP contribution < -0.4 is 0 Å². The van der Waals surface area contributed by atoms with Gasteiger partial charge >= 0.3 is 0 Å². The van der Waals surface area contributed by atoms with Crippen LogP contribution in [0.1, 0.15) is 120 Å². The van der Waals surface area contributed by atoms with Crippen molar-refractivity contribution in [2.75, 3.05) is 0 Å². The third kappa shape index (κ3) is 3.16. The Balaban J connectivity index is 1.44. The minimum absolute atomic E-state index is 0.0293. The van der Waals surface area contributed by atoms with Crippen molar-refractivity contribution in [1.29, 1.82) is 0 Å². The average Bonchev–Trinajstić information content (AvgIpc) is 3.27. The number of hydrogen-bond donors (Lipinski definition) is 2. The fourth-order valence-corrected chi connectivity index (χ4v) is 11.1. The van der Waals surface area contributed by atoms with E-state index in [0.717, 1.165) is 31.1 Å². The summed E-state index contributed by atoms with van der Waals surface area (Å²) in [4.78, 5) is 0. The predicted molar refractivity (Wildman–Crippen MR) is 134 cm³/mol. The number of hydrogen-bond acceptors (Lipinski definition) is 3. The van der Waals surface area contributed by atoms with Gasteiger partial charge in [-0.1, -0.05) is 34.6 Å². The minimum Gasteiger partial charge on any atom is -0.393 e. The van der Waals surface area contributed by atoms with Crippen molar-refractivity contribution in [3.05, 3.63) is 0 Å². The van der Waals surface area contributed by atoms with Gasteiger partial charge in [0.15, 0.2) is 0 Å². The van der Waals surface area contributed by atoms with Gasteiger partial charge in [0.25, 0.3) is 0 Å². The molecule has 10 atom stereocenters. The lowest BCUT2D eigenvalue weighted by Crippen LogP contribution is -2.64. The molecule has 4 aliphatic carbocycles. The molecule has 190 valence electrons. The molecule has 0 aromatic rings. The highest BCUT2D eigenvalue weighted by atomic mass is 16.5. The predicted octanol–water partition coefficient (Wildman–Crippen LogP) is 6.74. The Morgan fingerprint density at radius 1 is 0.697 bits per heavy atom. The van der Waals surface area contributed by atoms with Crippen molar-refractivity contribution in [1.82, 2.24) is 0 Å². The Hall–Kier alpha value is -0.120. The molecule has 3 heteroatoms. The molecular formula is C30H52O3. The highest BCUT2D eigenvalue weighted by Crippen LogP contribution is 2.76. The van der Waals surface area contributed by atoms with Crippen LogP contribution in [0.25, 0.3) is 0 Å². The van der Waals surface area contributed by atoms with Crippen LogP contribution in [0.4, 0.5) is 0 Å². The summed E-state index contributed by atoms with van der Waals surface area (Å²) in [5, 5.41) is 21.5. The topological polar surface area (TPSA) is 49.7 Å². The fraction of sp³-hybridized carbons (Fsp3) is 1.00. The molecule has 3 nitrogen and oxygen atoms in total. The Labute approximate surface area is 203 Å². The first-order valence-corrected chi connectivity index (χ1v) is 14.2. The Morgan fingerprint density at radius 3 is 2.00 bits per heavy atom. The molecule has 5 fully saturated rings. The monoisotopic (exact) mass is 460 g/mol. The second kappa shape index (κ2) is 7.22. The molecule has 0 amide bonds. The van der Waals surface area contributed by atoms with Crippen molar-refractivity contribution in [2.45, 2.75) is 143 Å². The van der Waals surface area contributed by atoms with E-state index in [1.807, 2.05) is 13.8 Å². The summed E-state index contributed by atoms with van der Waals surface area (Å²) in [6.45, 7) is 18.8. The van der Waals surface area contributed by atoms with Crippen molar-refractivity contribution in [3.8, 4) is 0 Å². The van der Waals surface area contributed by atoms with Gasteiger partial charge in [-0.05, 0) is 130 Å². The number of ether oxygens (including phenoxy) is 1. The third-order valence-electron chi connectivity index (χ3n) is 13.3. The van der Waals surface area contributed by atoms with Gasteiger partial charge in [-0.15, -0.1) is 0 Å². The molecule has 2 N–H and O–H groups in total. The molecule has 0 radical (unpaired) electrons. The van der Waals surface area contributed by atoms with E-state index >= 15 is 0 Å². The van der Waals surface area contributed by atoms with Crippen LogP contribution in [0, 0.1) is 45.3 Å². The SMILES string of the molecule is CC(C)(O)[C@@H]1CC[C@](C)([C@H]2CC[C@]3(C)[C@@H]2CC[C@@H]2[C@@]4(C)CC[C@H](O)C(C)(C)[C@@H]4CC[C@]23C)O1. The summed E-state index contributed by atoms with van der Waals surface area (Å²) in [6, 6.07) is 0. The van der Waals surface area contributed by atoms with Crippen LogP contribution in [0.3, 0.4) is 0 Å². The highest BCUT2D eigenvalue weighted by molar-refractivity contribution is 5.18. The normalized spacial score (nSPS) is 56.2. The Morgan fingerprint density at radius 2 is 1.36 bits per heavy atom. The number of fused-ring (bicyclic) bond motifs is 5. The largest absolute Gasteiger partial charge is 0.393 e. The van der Waals surface area contributed by atoms with Gasteiger partial charge in [-0.2, -0.15) is 0 Å². The first-order valence-electron chi connectivity index (χ1n) is 14.2. The summed E-state index contributed by atoms with van der Waals surface area (Å²) in [6.07, 6.45) is 11.9. The minimum atomic E-state index is -0.755. The second-order valence-electron chi connectivity index (χ2n) is 15.3. The quantitative estimate of drug-likeness (QED) is 0.480. The summed E-state index contributed by atoms with van der Waals surface area (Å²) in [5.41, 5.74) is 0.277. The molecule has 0 aromatic carbocycles. The first kappa shape index (κ1) is 24.6. The molecule has 0 bridgehead atoms. The molecule has 1 aliphatic heterocycles. The Kier molecular flexibility index (Phi) is 5.38. The average molecular weight is 461 g/mol. The molecule has 1 saturated heterocycles. The fourth-order valence-electron chi connectivity index (χ4n) is 11.1. The van der Waals surface area contributed by atoms with E-state index in [2.05, 4.69) is 41.5 Å². The van der Waals surface area contributed by atoms with E-state index < -0.39 is 5.60 Å². The zero-order chi connectivity index (χ0) is 24.2. The van der Waals surface area contributed by atoms with Gasteiger partial charge in [0.05, 0.1) is 23.4 Å². The zero-order valence-corrected chi connectivity index (χ0v) is 22.8. The number of aliphatic hydroxyl groups excluding tert-OH is 1. The highest BCUT2D eigenvalue weighted by Gasteiger charge is 2.70. The summed E-state index contributed by atoms with van der Waals surface area (Å²) >= 11 is 0. The molecule has 5 aliphatic rings. The molecule has 0 spiro atoms. The maximum absolute atomic E-state index is 10.9. The molecule has 0 aromatic heterocycles. The van der Waals surface area contributed by atoms with Crippen molar-refractivity contribution in [2.24, 2.45) is 45.3 Å². The molecule has 4 saturated carbocycles. The van der Waals surface area contributed by atoms with Crippen molar-refractivity contribution in [3.63, 3.8) is 0 Å². The lowest BCUT2D eigenvalue weighted by atomic mass is 9.35. The molecule has 0 unspecified atom stereocenters. The van der Waals surface area contributed by atoms with Crippen LogP contribution in [-0.2, 0) is 4.74 Å². The van der Waals surface area contributed by atoms with E-state index in [1.165, 1.54) is 44.9 Å². The van der Waals surface area contributed by atoms with E-state index in [9.17, 15) is 10.2 Å². The van der Waals surface area contributed by atoms with Crippen LogP contribution in [0.15, 0.2) is 0 Å². The van der Waals surface area contributed by atoms with Gasteiger partial charge in [-0.25, -0.2) is 0 Å². The number of rotatable bonds is 2. The van der Waals surface area contributed by atoms with Gasteiger partial charge in [-0.3, -0.25) is 0 Å². The Bertz CT molecular complexity index is 784. The molecule has 33 heavy (non-hydrogen) atoms. The number of aliphatic hydroxyl groups is 2. The van der Waals surface area contributed by atoms with Gasteiger partial charge in [0.2, 0.25) is 0 Å². The van der Waals surface area contributed by atoms with Gasteiger partial charge in [0.1, 0.15) is 0 Å². The van der Waals surface area contributed by atoms with Crippen LogP contribution in [0.2, 0.25) is 0 Å². The molecule has 5 rings (SSSR count). The lowest BCUT2D eigenvalue weighted by Gasteiger charge is -2.70.